The van der Waals surface area contributed by atoms with Crippen molar-refractivity contribution in [2.45, 2.75) is 65.5 Å². The third kappa shape index (κ3) is 5.47. The highest BCUT2D eigenvalue weighted by Gasteiger charge is 2.40. The van der Waals surface area contributed by atoms with Crippen LogP contribution in [0.5, 0.6) is 0 Å². The predicted octanol–water partition coefficient (Wildman–Crippen LogP) is 7.02. The van der Waals surface area contributed by atoms with Crippen molar-refractivity contribution in [1.29, 1.82) is 0 Å². The molecule has 2 heterocycles. The van der Waals surface area contributed by atoms with Crippen LogP contribution in [0.25, 0.3) is 5.69 Å². The van der Waals surface area contributed by atoms with Crippen LogP contribution in [-0.4, -0.2) is 33.9 Å². The number of anilines is 1. The highest BCUT2D eigenvalue weighted by molar-refractivity contribution is 6.30. The first-order valence-electron chi connectivity index (χ1n) is 13.3. The Labute approximate surface area is 225 Å². The fraction of sp³-hybridized carbons (Fsp3) is 0.419. The van der Waals surface area contributed by atoms with Crippen LogP contribution >= 0.6 is 11.6 Å². The highest BCUT2D eigenvalue weighted by Crippen LogP contribution is 2.43. The molecule has 6 heteroatoms. The van der Waals surface area contributed by atoms with Crippen molar-refractivity contribution in [2.24, 2.45) is 11.3 Å². The Kier molecular flexibility index (Phi) is 6.93. The first-order valence-corrected chi connectivity index (χ1v) is 13.6. The molecule has 194 valence electrons. The van der Waals surface area contributed by atoms with E-state index in [-0.39, 0.29) is 41.8 Å². The molecule has 2 aromatic carbocycles. The molecule has 1 aliphatic carbocycles. The number of carbonyl (C=O) groups is 2. The van der Waals surface area contributed by atoms with Gasteiger partial charge in [-0.25, -0.2) is 0 Å². The number of hydrogen-bond acceptors (Lipinski definition) is 2. The second-order valence-electron chi connectivity index (χ2n) is 11.8. The van der Waals surface area contributed by atoms with Gasteiger partial charge in [0.15, 0.2) is 0 Å². The molecule has 1 aromatic heterocycles. The topological polar surface area (TPSA) is 45.6 Å². The van der Waals surface area contributed by atoms with Crippen molar-refractivity contribution in [3.8, 4) is 5.69 Å². The predicted molar refractivity (Wildman–Crippen MR) is 149 cm³/mol. The van der Waals surface area contributed by atoms with E-state index in [1.807, 2.05) is 70.6 Å². The lowest BCUT2D eigenvalue weighted by atomic mass is 9.84. The zero-order chi connectivity index (χ0) is 26.3. The first kappa shape index (κ1) is 25.6. The Bertz CT molecular complexity index is 1300. The molecule has 1 aliphatic heterocycles. The number of fused-ring (bicyclic) bond motifs is 3. The normalized spacial score (nSPS) is 17.6. The molecule has 2 aliphatic rings. The molecule has 0 spiro atoms. The second-order valence-corrected chi connectivity index (χ2v) is 12.3. The van der Waals surface area contributed by atoms with Gasteiger partial charge in [-0.1, -0.05) is 63.6 Å². The summed E-state index contributed by atoms with van der Waals surface area (Å²) in [5.41, 5.74) is 3.90. The Morgan fingerprint density at radius 3 is 2.43 bits per heavy atom. The van der Waals surface area contributed by atoms with Crippen LogP contribution in [0, 0.1) is 11.3 Å². The van der Waals surface area contributed by atoms with Crippen LogP contribution in [0.15, 0.2) is 66.9 Å². The van der Waals surface area contributed by atoms with Crippen molar-refractivity contribution in [1.82, 2.24) is 9.47 Å². The van der Waals surface area contributed by atoms with Crippen LogP contribution in [0.1, 0.15) is 70.7 Å². The number of benzene rings is 2. The molecule has 37 heavy (non-hydrogen) atoms. The average Bonchev–Trinajstić information content (AvgIpc) is 3.55. The quantitative estimate of drug-likeness (QED) is 0.338. The van der Waals surface area contributed by atoms with E-state index in [4.69, 9.17) is 11.6 Å². The van der Waals surface area contributed by atoms with Gasteiger partial charge in [0.1, 0.15) is 12.6 Å². The monoisotopic (exact) mass is 517 g/mol. The Morgan fingerprint density at radius 1 is 1.03 bits per heavy atom. The van der Waals surface area contributed by atoms with Gasteiger partial charge in [-0.05, 0) is 72.6 Å². The average molecular weight is 518 g/mol. The highest BCUT2D eigenvalue weighted by atomic mass is 35.5. The van der Waals surface area contributed by atoms with Crippen molar-refractivity contribution >= 4 is 29.1 Å². The molecule has 5 nitrogen and oxygen atoms in total. The summed E-state index contributed by atoms with van der Waals surface area (Å²) < 4.78 is 2.14. The fourth-order valence-electron chi connectivity index (χ4n) is 5.82. The lowest BCUT2D eigenvalue weighted by Crippen LogP contribution is -2.47. The van der Waals surface area contributed by atoms with Crippen LogP contribution in [0.2, 0.25) is 5.02 Å². The smallest absolute Gasteiger partial charge is 0.247 e. The van der Waals surface area contributed by atoms with Crippen LogP contribution < -0.4 is 4.90 Å². The van der Waals surface area contributed by atoms with Gasteiger partial charge in [0, 0.05) is 23.7 Å². The van der Waals surface area contributed by atoms with Gasteiger partial charge in [0.05, 0.1) is 17.1 Å². The van der Waals surface area contributed by atoms with E-state index in [1.54, 1.807) is 0 Å². The molecule has 0 unspecified atom stereocenters. The van der Waals surface area contributed by atoms with E-state index in [9.17, 15) is 9.59 Å². The maximum Gasteiger partial charge on any atom is 0.247 e. The van der Waals surface area contributed by atoms with Gasteiger partial charge in [-0.15, -0.1) is 0 Å². The molecule has 2 amide bonds. The number of nitrogens with zero attached hydrogens (tertiary/aromatic N) is 3. The van der Waals surface area contributed by atoms with Crippen molar-refractivity contribution in [3.05, 3.63) is 83.1 Å². The standard InChI is InChI=1S/C31H36ClN3O2/c1-21(19-31(2,3)4)17-28(36)34(24-14-15-24)20-29(37)35-26-12-6-5-11-25(26)33-16-8-13-27(33)30(35)22-9-7-10-23(32)18-22/h5-13,16,18,21,24,30H,14-15,17,19-20H2,1-4H3/t21-,30-/m1/s1. The minimum atomic E-state index is -0.341. The Morgan fingerprint density at radius 2 is 1.76 bits per heavy atom. The molecule has 0 radical (unpaired) electrons. The largest absolute Gasteiger partial charge is 0.330 e. The summed E-state index contributed by atoms with van der Waals surface area (Å²) in [6, 6.07) is 19.6. The minimum absolute atomic E-state index is 0.0754. The maximum absolute atomic E-state index is 14.2. The molecule has 1 fully saturated rings. The lowest BCUT2D eigenvalue weighted by Gasteiger charge is -2.39. The molecule has 2 atom stereocenters. The molecule has 5 rings (SSSR count). The van der Waals surface area contributed by atoms with E-state index >= 15 is 0 Å². The van der Waals surface area contributed by atoms with Gasteiger partial charge < -0.3 is 9.47 Å². The van der Waals surface area contributed by atoms with E-state index in [0.29, 0.717) is 11.4 Å². The number of aromatic nitrogens is 1. The number of para-hydroxylation sites is 2. The summed E-state index contributed by atoms with van der Waals surface area (Å²) in [5.74, 6) is 0.274. The van der Waals surface area contributed by atoms with E-state index in [0.717, 1.165) is 41.9 Å². The molecule has 1 saturated carbocycles. The molecule has 0 N–H and O–H groups in total. The zero-order valence-electron chi connectivity index (χ0n) is 22.2. The van der Waals surface area contributed by atoms with Crippen molar-refractivity contribution < 1.29 is 9.59 Å². The minimum Gasteiger partial charge on any atom is -0.330 e. The van der Waals surface area contributed by atoms with E-state index in [2.05, 4.69) is 38.3 Å². The summed E-state index contributed by atoms with van der Waals surface area (Å²) >= 11 is 6.40. The molecular formula is C31H36ClN3O2. The Hall–Kier alpha value is -3.05. The second kappa shape index (κ2) is 10.0. The summed E-state index contributed by atoms with van der Waals surface area (Å²) in [4.78, 5) is 31.4. The van der Waals surface area contributed by atoms with Gasteiger partial charge >= 0.3 is 0 Å². The fourth-order valence-corrected chi connectivity index (χ4v) is 6.01. The maximum atomic E-state index is 14.2. The summed E-state index contributed by atoms with van der Waals surface area (Å²) in [7, 11) is 0. The van der Waals surface area contributed by atoms with Crippen molar-refractivity contribution in [2.75, 3.05) is 11.4 Å². The Balaban J connectivity index is 1.48. The summed E-state index contributed by atoms with van der Waals surface area (Å²) in [5, 5.41) is 0.629. The number of rotatable bonds is 7. The molecule has 3 aromatic rings. The summed E-state index contributed by atoms with van der Waals surface area (Å²) in [6.45, 7) is 8.83. The number of carbonyl (C=O) groups excluding carboxylic acids is 2. The third-order valence-corrected chi connectivity index (χ3v) is 7.49. The first-order chi connectivity index (χ1) is 17.6. The van der Waals surface area contributed by atoms with Crippen LogP contribution in [0.4, 0.5) is 5.69 Å². The van der Waals surface area contributed by atoms with E-state index in [1.165, 1.54) is 0 Å². The van der Waals surface area contributed by atoms with Crippen LogP contribution in [-0.2, 0) is 9.59 Å². The van der Waals surface area contributed by atoms with Gasteiger partial charge in [0.2, 0.25) is 11.8 Å². The van der Waals surface area contributed by atoms with Gasteiger partial charge in [-0.3, -0.25) is 14.5 Å². The lowest BCUT2D eigenvalue weighted by molar-refractivity contribution is -0.136. The molecule has 0 bridgehead atoms. The molecule has 0 saturated heterocycles. The van der Waals surface area contributed by atoms with E-state index < -0.39 is 0 Å². The molecular weight excluding hydrogens is 482 g/mol. The van der Waals surface area contributed by atoms with Gasteiger partial charge in [0.25, 0.3) is 0 Å². The van der Waals surface area contributed by atoms with Gasteiger partial charge in [-0.2, -0.15) is 0 Å². The third-order valence-electron chi connectivity index (χ3n) is 7.25. The van der Waals surface area contributed by atoms with Crippen molar-refractivity contribution in [3.63, 3.8) is 0 Å². The summed E-state index contributed by atoms with van der Waals surface area (Å²) in [6.07, 6.45) is 5.40. The van der Waals surface area contributed by atoms with Crippen LogP contribution in [0.3, 0.4) is 0 Å². The number of amides is 2. The number of hydrogen-bond donors (Lipinski definition) is 0. The zero-order valence-corrected chi connectivity index (χ0v) is 22.9. The number of halogens is 1. The SMILES string of the molecule is C[C@H](CC(=O)N(CC(=O)N1c2ccccc2-n2cccc2[C@H]1c1cccc(Cl)c1)C1CC1)CC(C)(C)C.